The van der Waals surface area contributed by atoms with Crippen molar-refractivity contribution in [3.63, 3.8) is 0 Å². The van der Waals surface area contributed by atoms with Crippen LogP contribution in [0.3, 0.4) is 0 Å². The summed E-state index contributed by atoms with van der Waals surface area (Å²) in [6.45, 7) is 2.38. The van der Waals surface area contributed by atoms with Crippen LogP contribution in [-0.2, 0) is 16.1 Å². The van der Waals surface area contributed by atoms with E-state index in [1.807, 2.05) is 24.3 Å². The molecule has 1 aromatic carbocycles. The molecule has 1 aromatic heterocycles. The zero-order valence-corrected chi connectivity index (χ0v) is 16.3. The minimum Gasteiger partial charge on any atom is -0.475 e. The Hall–Kier alpha value is -2.66. The summed E-state index contributed by atoms with van der Waals surface area (Å²) in [7, 11) is 0. The number of hydrogen-bond donors (Lipinski definition) is 3. The van der Waals surface area contributed by atoms with E-state index in [0.717, 1.165) is 30.9 Å². The van der Waals surface area contributed by atoms with Gasteiger partial charge >= 0.3 is 12.1 Å². The summed E-state index contributed by atoms with van der Waals surface area (Å²) in [5, 5.41) is 22.2. The minimum absolute atomic E-state index is 0.135. The first-order valence-corrected chi connectivity index (χ1v) is 9.51. The Morgan fingerprint density at radius 2 is 2.00 bits per heavy atom. The molecule has 1 saturated carbocycles. The average Bonchev–Trinajstić information content (AvgIpc) is 3.25. The van der Waals surface area contributed by atoms with Crippen LogP contribution in [-0.4, -0.2) is 51.2 Å². The van der Waals surface area contributed by atoms with Crippen LogP contribution in [0.1, 0.15) is 12.1 Å². The third-order valence-electron chi connectivity index (χ3n) is 5.00. The van der Waals surface area contributed by atoms with E-state index in [2.05, 4.69) is 20.9 Å². The predicted octanol–water partition coefficient (Wildman–Crippen LogP) is 2.03. The number of aromatic nitrogens is 3. The van der Waals surface area contributed by atoms with E-state index in [0.29, 0.717) is 23.4 Å². The number of carboxylic acids is 1. The number of nitrogens with zero attached hydrogens (tertiary/aromatic N) is 3. The topological polar surface area (TPSA) is 109 Å². The van der Waals surface area contributed by atoms with Crippen molar-refractivity contribution >= 4 is 23.5 Å². The number of halogens is 4. The van der Waals surface area contributed by atoms with Gasteiger partial charge in [0.15, 0.2) is 0 Å². The number of carbonyl (C=O) groups excluding carboxylic acids is 1. The molecule has 12 heteroatoms. The summed E-state index contributed by atoms with van der Waals surface area (Å²) in [6, 6.07) is 7.45. The molecule has 4 rings (SSSR count). The standard InChI is InChI=1S/C16H18ClN5O.C2HF3O2/c17-13-3-1-2-4-14(13)22-9-10(20-21-22)7-19-16(23)15-11-5-6-18-8-12(11)15;3-2(4,5)1(6)7/h1-4,9,11-12,15,18H,5-8H2,(H,19,23);(H,6,7)/t11-,12+,15?;/m1./s1. The summed E-state index contributed by atoms with van der Waals surface area (Å²) in [5.74, 6) is -1.37. The summed E-state index contributed by atoms with van der Waals surface area (Å²) < 4.78 is 33.4. The van der Waals surface area contributed by atoms with Crippen LogP contribution in [0.25, 0.3) is 5.69 Å². The molecule has 0 radical (unpaired) electrons. The highest BCUT2D eigenvalue weighted by Crippen LogP contribution is 2.49. The molecule has 1 saturated heterocycles. The predicted molar refractivity (Wildman–Crippen MR) is 99.9 cm³/mol. The second-order valence-electron chi connectivity index (χ2n) is 6.97. The average molecular weight is 446 g/mol. The number of carbonyl (C=O) groups is 2. The highest BCUT2D eigenvalue weighted by atomic mass is 35.5. The number of amides is 1. The van der Waals surface area contributed by atoms with Gasteiger partial charge in [-0.05, 0) is 43.5 Å². The molecule has 3 N–H and O–H groups in total. The van der Waals surface area contributed by atoms with Crippen LogP contribution in [0, 0.1) is 17.8 Å². The van der Waals surface area contributed by atoms with Crippen molar-refractivity contribution < 1.29 is 27.9 Å². The Bertz CT molecular complexity index is 908. The molecule has 0 bridgehead atoms. The van der Waals surface area contributed by atoms with Gasteiger partial charge in [-0.25, -0.2) is 9.48 Å². The normalized spacial score (nSPS) is 22.3. The molecule has 2 aliphatic rings. The first kappa shape index (κ1) is 22.0. The van der Waals surface area contributed by atoms with Crippen molar-refractivity contribution in [2.45, 2.75) is 19.1 Å². The number of alkyl halides is 3. The van der Waals surface area contributed by atoms with E-state index in [9.17, 15) is 18.0 Å². The summed E-state index contributed by atoms with van der Waals surface area (Å²) in [4.78, 5) is 21.2. The molecule has 1 aliphatic heterocycles. The first-order chi connectivity index (χ1) is 14.2. The zero-order chi connectivity index (χ0) is 21.9. The van der Waals surface area contributed by atoms with E-state index in [4.69, 9.17) is 21.5 Å². The van der Waals surface area contributed by atoms with Crippen molar-refractivity contribution in [2.24, 2.45) is 17.8 Å². The molecule has 162 valence electrons. The third kappa shape index (κ3) is 5.28. The van der Waals surface area contributed by atoms with E-state index in [-0.39, 0.29) is 11.8 Å². The van der Waals surface area contributed by atoms with Gasteiger partial charge in [0.1, 0.15) is 5.69 Å². The van der Waals surface area contributed by atoms with E-state index >= 15 is 0 Å². The van der Waals surface area contributed by atoms with Crippen LogP contribution in [0.15, 0.2) is 30.5 Å². The van der Waals surface area contributed by atoms with Gasteiger partial charge in [0, 0.05) is 5.92 Å². The number of hydrogen-bond acceptors (Lipinski definition) is 5. The second-order valence-corrected chi connectivity index (χ2v) is 7.38. The van der Waals surface area contributed by atoms with Crippen molar-refractivity contribution in [1.29, 1.82) is 0 Å². The van der Waals surface area contributed by atoms with Gasteiger partial charge in [-0.15, -0.1) is 5.10 Å². The maximum Gasteiger partial charge on any atom is 0.490 e. The maximum absolute atomic E-state index is 12.3. The van der Waals surface area contributed by atoms with Crippen molar-refractivity contribution in [3.8, 4) is 5.69 Å². The van der Waals surface area contributed by atoms with Crippen LogP contribution < -0.4 is 10.6 Å². The molecule has 1 aliphatic carbocycles. The third-order valence-corrected chi connectivity index (χ3v) is 5.31. The lowest BCUT2D eigenvalue weighted by molar-refractivity contribution is -0.192. The molecule has 8 nitrogen and oxygen atoms in total. The number of nitrogens with one attached hydrogen (secondary N) is 2. The Balaban J connectivity index is 0.000000318. The molecule has 2 fully saturated rings. The fourth-order valence-corrected chi connectivity index (χ4v) is 3.70. The lowest BCUT2D eigenvalue weighted by Gasteiger charge is -2.07. The number of fused-ring (bicyclic) bond motifs is 1. The number of benzene rings is 1. The highest BCUT2D eigenvalue weighted by molar-refractivity contribution is 6.32. The zero-order valence-electron chi connectivity index (χ0n) is 15.6. The number of rotatable bonds is 4. The SMILES string of the molecule is O=C(NCc1cn(-c2ccccc2Cl)nn1)C1[C@H]2CNCC[C@@H]12.O=C(O)C(F)(F)F. The summed E-state index contributed by atoms with van der Waals surface area (Å²) in [5.41, 5.74) is 1.50. The number of para-hydroxylation sites is 1. The van der Waals surface area contributed by atoms with Gasteiger partial charge in [-0.2, -0.15) is 13.2 Å². The quantitative estimate of drug-likeness (QED) is 0.664. The molecular weight excluding hydrogens is 427 g/mol. The maximum atomic E-state index is 12.3. The summed E-state index contributed by atoms with van der Waals surface area (Å²) >= 11 is 6.15. The van der Waals surface area contributed by atoms with Crippen LogP contribution in [0.4, 0.5) is 13.2 Å². The fourth-order valence-electron chi connectivity index (χ4n) is 3.47. The highest BCUT2D eigenvalue weighted by Gasteiger charge is 2.54. The molecular formula is C18H19ClF3N5O3. The number of aliphatic carboxylic acids is 1. The Labute approximate surface area is 174 Å². The van der Waals surface area contributed by atoms with Crippen LogP contribution in [0.2, 0.25) is 5.02 Å². The van der Waals surface area contributed by atoms with Gasteiger partial charge in [0.25, 0.3) is 0 Å². The number of piperidine rings is 1. The van der Waals surface area contributed by atoms with E-state index < -0.39 is 12.1 Å². The Kier molecular flexibility index (Phi) is 6.61. The molecule has 0 spiro atoms. The van der Waals surface area contributed by atoms with Crippen LogP contribution in [0.5, 0.6) is 0 Å². The molecule has 1 unspecified atom stereocenters. The fraction of sp³-hybridized carbons (Fsp3) is 0.444. The molecule has 2 aromatic rings. The van der Waals surface area contributed by atoms with Gasteiger partial charge in [0.2, 0.25) is 5.91 Å². The van der Waals surface area contributed by atoms with Gasteiger partial charge < -0.3 is 15.7 Å². The van der Waals surface area contributed by atoms with E-state index in [1.54, 1.807) is 10.9 Å². The van der Waals surface area contributed by atoms with Crippen molar-refractivity contribution in [3.05, 3.63) is 41.2 Å². The lowest BCUT2D eigenvalue weighted by atomic mass is 10.2. The monoisotopic (exact) mass is 445 g/mol. The smallest absolute Gasteiger partial charge is 0.475 e. The first-order valence-electron chi connectivity index (χ1n) is 9.13. The van der Waals surface area contributed by atoms with Gasteiger partial charge in [-0.1, -0.05) is 28.9 Å². The van der Waals surface area contributed by atoms with Crippen molar-refractivity contribution in [2.75, 3.05) is 13.1 Å². The lowest BCUT2D eigenvalue weighted by Crippen LogP contribution is -2.26. The largest absolute Gasteiger partial charge is 0.490 e. The molecule has 3 atom stereocenters. The van der Waals surface area contributed by atoms with E-state index in [1.165, 1.54) is 0 Å². The molecule has 30 heavy (non-hydrogen) atoms. The van der Waals surface area contributed by atoms with Crippen molar-refractivity contribution in [1.82, 2.24) is 25.6 Å². The van der Waals surface area contributed by atoms with Gasteiger partial charge in [0.05, 0.1) is 23.5 Å². The Morgan fingerprint density at radius 3 is 2.60 bits per heavy atom. The van der Waals surface area contributed by atoms with Gasteiger partial charge in [-0.3, -0.25) is 4.79 Å². The molecule has 1 amide bonds. The minimum atomic E-state index is -5.08. The second kappa shape index (κ2) is 9.00. The number of carboxylic acid groups (broad SMARTS) is 1. The Morgan fingerprint density at radius 1 is 1.30 bits per heavy atom. The summed E-state index contributed by atoms with van der Waals surface area (Å²) in [6.07, 6.45) is -2.19. The van der Waals surface area contributed by atoms with Crippen LogP contribution >= 0.6 is 11.6 Å². The molecule has 2 heterocycles.